The standard InChI is InChI=1S/K.Mg.H3N.Na.2H3O4P.2H2O4S/c;;;;4*1-5(2,3)4/h;;1H3;;2*(H3,1,2,3,4);2*(H2,1,2,3,4)/q+1;+2;;+1;;;;/p-4. The molecule has 0 aliphatic carbocycles. The Labute approximate surface area is 216 Å². The van der Waals surface area contributed by atoms with Crippen molar-refractivity contribution in [3.63, 3.8) is 0 Å². The quantitative estimate of drug-likeness (QED) is 0.0791. The Kier molecular flexibility index (Phi) is 47.8. The van der Waals surface area contributed by atoms with Crippen LogP contribution < -0.4 is 92.0 Å². The molecular weight excluding hydrogens is 482 g/mol. The van der Waals surface area contributed by atoms with Crippen LogP contribution in [-0.4, -0.2) is 82.6 Å². The van der Waals surface area contributed by atoms with Gasteiger partial charge in [0.15, 0.2) is 0 Å². The Morgan fingerprint density at radius 3 is 0.708 bits per heavy atom. The predicted octanol–water partition coefficient (Wildman–Crippen LogP) is -11.2. The van der Waals surface area contributed by atoms with E-state index in [1.165, 1.54) is 0 Å². The van der Waals surface area contributed by atoms with E-state index in [9.17, 15) is 0 Å². The summed E-state index contributed by atoms with van der Waals surface area (Å²) < 4.78 is 85.8. The summed E-state index contributed by atoms with van der Waals surface area (Å²) in [4.78, 5) is 44.5. The van der Waals surface area contributed by atoms with E-state index in [4.69, 9.17) is 73.5 Å². The van der Waals surface area contributed by atoms with Gasteiger partial charge in [0.1, 0.15) is 0 Å². The van der Waals surface area contributed by atoms with Gasteiger partial charge in [0.05, 0.1) is 0 Å². The summed E-state index contributed by atoms with van der Waals surface area (Å²) in [6.07, 6.45) is 0. The van der Waals surface area contributed by atoms with Gasteiger partial charge in [0, 0.05) is 20.8 Å². The fourth-order valence-corrected chi connectivity index (χ4v) is 0. The van der Waals surface area contributed by atoms with E-state index in [0.29, 0.717) is 0 Å². The first-order valence-electron chi connectivity index (χ1n) is 2.88. The monoisotopic (exact) mass is 491 g/mol. The van der Waals surface area contributed by atoms with Crippen molar-refractivity contribution in [3.8, 4) is 0 Å². The van der Waals surface area contributed by atoms with Crippen LogP contribution in [0.1, 0.15) is 0 Å². The number of phosphoric acid groups is 2. The second-order valence-corrected chi connectivity index (χ2v) is 5.46. The largest absolute Gasteiger partial charge is 2.00 e. The second-order valence-electron chi connectivity index (χ2n) is 1.82. The third kappa shape index (κ3) is 1360. The number of rotatable bonds is 0. The van der Waals surface area contributed by atoms with Gasteiger partial charge in [-0.1, -0.05) is 0 Å². The van der Waals surface area contributed by atoms with Crippen molar-refractivity contribution in [2.75, 3.05) is 0 Å². The topological polar surface area (TPSA) is 355 Å². The zero-order chi connectivity index (χ0) is 18.0. The molecule has 136 valence electrons. The summed E-state index contributed by atoms with van der Waals surface area (Å²) in [7, 11) is -19.9. The predicted molar refractivity (Wildman–Crippen MR) is 59.0 cm³/mol. The van der Waals surface area contributed by atoms with E-state index >= 15 is 0 Å². The molecule has 0 unspecified atom stereocenters. The van der Waals surface area contributed by atoms with Gasteiger partial charge < -0.3 is 53.7 Å². The molecule has 0 rings (SSSR count). The van der Waals surface area contributed by atoms with Crippen LogP contribution in [0.5, 0.6) is 0 Å². The minimum atomic E-state index is -5.17. The molecule has 0 aliphatic rings. The van der Waals surface area contributed by atoms with Crippen LogP contribution in [0.15, 0.2) is 0 Å². The van der Waals surface area contributed by atoms with Crippen molar-refractivity contribution in [3.05, 3.63) is 0 Å². The maximum absolute atomic E-state index is 8.88. The molecule has 0 amide bonds. The van der Waals surface area contributed by atoms with Crippen molar-refractivity contribution in [1.82, 2.24) is 6.15 Å². The maximum Gasteiger partial charge on any atom is 2.00 e. The van der Waals surface area contributed by atoms with Gasteiger partial charge in [0.2, 0.25) is 0 Å². The molecular formula is H9KMgNNaO16P2S2. The molecule has 0 saturated heterocycles. The molecule has 0 aromatic heterocycles. The van der Waals surface area contributed by atoms with Gasteiger partial charge in [-0.3, -0.25) is 21.4 Å². The average Bonchev–Trinajstić information content (AvgIpc) is 1.62. The Bertz CT molecular complexity index is 448. The summed E-state index contributed by atoms with van der Waals surface area (Å²) in [5.74, 6) is 0. The van der Waals surface area contributed by atoms with Crippen LogP contribution in [-0.2, 0) is 29.9 Å². The molecule has 0 heterocycles. The van der Waals surface area contributed by atoms with Gasteiger partial charge in [-0.05, 0) is 0 Å². The van der Waals surface area contributed by atoms with Gasteiger partial charge >= 0.3 is 112 Å². The van der Waals surface area contributed by atoms with E-state index in [2.05, 4.69) is 0 Å². The fraction of sp³-hybridized carbons (Fsp3) is 0. The Hall–Kier alpha value is 3.32. The third-order valence-electron chi connectivity index (χ3n) is 0. The zero-order valence-electron chi connectivity index (χ0n) is 12.1. The molecule has 24 heteroatoms. The third-order valence-corrected chi connectivity index (χ3v) is 0. The van der Waals surface area contributed by atoms with Crippen LogP contribution in [0.25, 0.3) is 0 Å². The van der Waals surface area contributed by atoms with Crippen LogP contribution in [0.2, 0.25) is 0 Å². The fourth-order valence-electron chi connectivity index (χ4n) is 0. The molecule has 0 bridgehead atoms. The molecule has 17 nitrogen and oxygen atoms in total. The average molecular weight is 492 g/mol. The summed E-state index contributed by atoms with van der Waals surface area (Å²) in [5, 5.41) is 0. The SMILES string of the molecule is O=P(O)(O)O.O=P([O-])(O)O.O=S(=O)([O-])[O-].O=S(=O)([O-])[O-].[K+].[Mg+2].[NH4+].[Na+]. The van der Waals surface area contributed by atoms with Gasteiger partial charge in [-0.25, -0.2) is 4.57 Å². The van der Waals surface area contributed by atoms with Crippen molar-refractivity contribution in [2.45, 2.75) is 0 Å². The minimum absolute atomic E-state index is 0. The Morgan fingerprint density at radius 2 is 0.708 bits per heavy atom. The van der Waals surface area contributed by atoms with Gasteiger partial charge in [-0.2, -0.15) is 0 Å². The summed E-state index contributed by atoms with van der Waals surface area (Å²) in [6.45, 7) is 0. The first-order valence-corrected chi connectivity index (χ1v) is 8.64. The second kappa shape index (κ2) is 22.6. The molecule has 0 fully saturated rings. The Balaban J connectivity index is -0.0000000225. The number of quaternary nitrogens is 1. The smallest absolute Gasteiger partial charge is 0.759 e. The van der Waals surface area contributed by atoms with E-state index in [1.807, 2.05) is 0 Å². The van der Waals surface area contributed by atoms with Crippen LogP contribution in [0.4, 0.5) is 0 Å². The Morgan fingerprint density at radius 1 is 0.708 bits per heavy atom. The molecule has 24 heavy (non-hydrogen) atoms. The molecule has 0 saturated carbocycles. The first kappa shape index (κ1) is 50.7. The van der Waals surface area contributed by atoms with Crippen LogP contribution >= 0.6 is 15.6 Å². The van der Waals surface area contributed by atoms with E-state index in [-0.39, 0.29) is 110 Å². The van der Waals surface area contributed by atoms with Gasteiger partial charge in [0.25, 0.3) is 7.82 Å². The van der Waals surface area contributed by atoms with Crippen molar-refractivity contribution in [1.29, 1.82) is 0 Å². The summed E-state index contributed by atoms with van der Waals surface area (Å²) in [6, 6.07) is 0. The van der Waals surface area contributed by atoms with E-state index in [0.717, 1.165) is 0 Å². The molecule has 0 spiro atoms. The normalized spacial score (nSPS) is 9.75. The molecule has 0 radical (unpaired) electrons. The van der Waals surface area contributed by atoms with E-state index in [1.54, 1.807) is 0 Å². The molecule has 0 aromatic rings. The van der Waals surface area contributed by atoms with Crippen LogP contribution in [0.3, 0.4) is 0 Å². The molecule has 0 atom stereocenters. The molecule has 0 aromatic carbocycles. The van der Waals surface area contributed by atoms with E-state index < -0.39 is 36.4 Å². The van der Waals surface area contributed by atoms with Gasteiger partial charge in [-0.15, -0.1) is 0 Å². The summed E-state index contributed by atoms with van der Waals surface area (Å²) in [5.41, 5.74) is 0. The van der Waals surface area contributed by atoms with Crippen molar-refractivity contribution >= 4 is 59.5 Å². The summed E-state index contributed by atoms with van der Waals surface area (Å²) >= 11 is 0. The van der Waals surface area contributed by atoms with Crippen molar-refractivity contribution < 1.29 is 154 Å². The van der Waals surface area contributed by atoms with Crippen LogP contribution in [0, 0.1) is 0 Å². The first-order chi connectivity index (χ1) is 8.00. The zero-order valence-corrected chi connectivity index (χ0v) is 22.1. The molecule has 0 aliphatic heterocycles. The maximum atomic E-state index is 8.88. The van der Waals surface area contributed by atoms with Crippen molar-refractivity contribution in [2.24, 2.45) is 0 Å². The number of hydrogen-bond acceptors (Lipinski definition) is 11. The molecule has 9 N–H and O–H groups in total. The minimum Gasteiger partial charge on any atom is -0.759 e. The number of hydrogen-bond donors (Lipinski definition) is 6.